The first kappa shape index (κ1) is 12.7. The maximum absolute atomic E-state index is 13.4. The number of hydrogen-bond donors (Lipinski definition) is 1. The molecule has 3 aromatic rings. The average Bonchev–Trinajstić information content (AvgIpc) is 2.84. The Hall–Kier alpha value is -2.34. The van der Waals surface area contributed by atoms with Crippen molar-refractivity contribution < 1.29 is 8.78 Å². The number of rotatable bonds is 3. The zero-order valence-electron chi connectivity index (χ0n) is 10.2. The first-order chi connectivity index (χ1) is 9.74. The van der Waals surface area contributed by atoms with Crippen molar-refractivity contribution in [1.29, 1.82) is 0 Å². The zero-order valence-corrected chi connectivity index (χ0v) is 11.0. The van der Waals surface area contributed by atoms with E-state index in [0.29, 0.717) is 5.13 Å². The molecule has 3 nitrogen and oxygen atoms in total. The summed E-state index contributed by atoms with van der Waals surface area (Å²) in [5.41, 5.74) is 3.35. The topological polar surface area (TPSA) is 37.3 Å². The molecule has 0 amide bonds. The van der Waals surface area contributed by atoms with Crippen LogP contribution in [0.1, 0.15) is 5.56 Å². The highest BCUT2D eigenvalue weighted by Gasteiger charge is 2.05. The van der Waals surface area contributed by atoms with Gasteiger partial charge in [-0.15, -0.1) is 0 Å². The predicted molar refractivity (Wildman–Crippen MR) is 77.2 cm³/mol. The van der Waals surface area contributed by atoms with Crippen LogP contribution in [0.2, 0.25) is 0 Å². The van der Waals surface area contributed by atoms with Crippen molar-refractivity contribution in [3.63, 3.8) is 0 Å². The van der Waals surface area contributed by atoms with Crippen molar-refractivity contribution in [2.24, 2.45) is 5.10 Å². The van der Waals surface area contributed by atoms with Crippen LogP contribution in [0, 0.1) is 11.6 Å². The molecule has 100 valence electrons. The average molecular weight is 289 g/mol. The molecule has 0 saturated heterocycles. The van der Waals surface area contributed by atoms with E-state index in [-0.39, 0.29) is 5.56 Å². The number of benzene rings is 2. The molecule has 0 saturated carbocycles. The SMILES string of the molecule is Fc1cccc(F)c1/C=N\Nc1nc2ccccc2s1. The summed E-state index contributed by atoms with van der Waals surface area (Å²) in [7, 11) is 0. The molecule has 0 spiro atoms. The lowest BCUT2D eigenvalue weighted by molar-refractivity contribution is 0.580. The maximum Gasteiger partial charge on any atom is 0.204 e. The molecular weight excluding hydrogens is 280 g/mol. The van der Waals surface area contributed by atoms with E-state index in [1.165, 1.54) is 29.5 Å². The number of para-hydroxylation sites is 1. The predicted octanol–water partition coefficient (Wildman–Crippen LogP) is 4.02. The van der Waals surface area contributed by atoms with E-state index >= 15 is 0 Å². The first-order valence-corrected chi connectivity index (χ1v) is 6.64. The number of hydrogen-bond acceptors (Lipinski definition) is 4. The fourth-order valence-corrected chi connectivity index (χ4v) is 2.52. The van der Waals surface area contributed by atoms with E-state index < -0.39 is 11.6 Å². The quantitative estimate of drug-likeness (QED) is 0.584. The molecule has 20 heavy (non-hydrogen) atoms. The summed E-state index contributed by atoms with van der Waals surface area (Å²) < 4.78 is 27.8. The number of hydrazone groups is 1. The number of anilines is 1. The number of nitrogens with zero attached hydrogens (tertiary/aromatic N) is 2. The Balaban J connectivity index is 1.80. The van der Waals surface area contributed by atoms with Crippen molar-refractivity contribution in [3.8, 4) is 0 Å². The summed E-state index contributed by atoms with van der Waals surface area (Å²) >= 11 is 1.42. The molecule has 3 rings (SSSR count). The van der Waals surface area contributed by atoms with E-state index in [0.717, 1.165) is 16.4 Å². The number of nitrogens with one attached hydrogen (secondary N) is 1. The third-order valence-corrected chi connectivity index (χ3v) is 3.59. The van der Waals surface area contributed by atoms with Crippen LogP contribution in [-0.4, -0.2) is 11.2 Å². The molecule has 0 aliphatic heterocycles. The van der Waals surface area contributed by atoms with Gasteiger partial charge in [-0.25, -0.2) is 13.8 Å². The Bertz CT molecular complexity index is 730. The summed E-state index contributed by atoms with van der Waals surface area (Å²) in [5, 5.41) is 4.39. The molecule has 2 aromatic carbocycles. The van der Waals surface area contributed by atoms with E-state index in [4.69, 9.17) is 0 Å². The molecule has 1 N–H and O–H groups in total. The first-order valence-electron chi connectivity index (χ1n) is 5.83. The summed E-state index contributed by atoms with van der Waals surface area (Å²) in [6.45, 7) is 0. The summed E-state index contributed by atoms with van der Waals surface area (Å²) in [5.74, 6) is -1.31. The number of halogens is 2. The zero-order chi connectivity index (χ0) is 13.9. The van der Waals surface area contributed by atoms with Gasteiger partial charge < -0.3 is 0 Å². The van der Waals surface area contributed by atoms with Crippen LogP contribution in [0.4, 0.5) is 13.9 Å². The fraction of sp³-hybridized carbons (Fsp3) is 0. The van der Waals surface area contributed by atoms with Gasteiger partial charge in [-0.2, -0.15) is 5.10 Å². The lowest BCUT2D eigenvalue weighted by Gasteiger charge is -1.97. The second kappa shape index (κ2) is 5.34. The van der Waals surface area contributed by atoms with Crippen LogP contribution < -0.4 is 5.43 Å². The van der Waals surface area contributed by atoms with Gasteiger partial charge >= 0.3 is 0 Å². The van der Waals surface area contributed by atoms with Gasteiger partial charge in [0.15, 0.2) is 0 Å². The molecule has 0 bridgehead atoms. The van der Waals surface area contributed by atoms with Crippen molar-refractivity contribution in [2.75, 3.05) is 5.43 Å². The summed E-state index contributed by atoms with van der Waals surface area (Å²) in [6, 6.07) is 11.3. The molecule has 0 unspecified atom stereocenters. The minimum atomic E-state index is -0.653. The number of fused-ring (bicyclic) bond motifs is 1. The molecule has 0 aliphatic rings. The minimum Gasteiger partial charge on any atom is -0.253 e. The highest BCUT2D eigenvalue weighted by atomic mass is 32.1. The van der Waals surface area contributed by atoms with Crippen molar-refractivity contribution in [2.45, 2.75) is 0 Å². The van der Waals surface area contributed by atoms with Crippen LogP contribution in [0.3, 0.4) is 0 Å². The summed E-state index contributed by atoms with van der Waals surface area (Å²) in [6.07, 6.45) is 1.11. The van der Waals surface area contributed by atoms with Crippen LogP contribution in [-0.2, 0) is 0 Å². The third-order valence-electron chi connectivity index (χ3n) is 2.65. The molecule has 1 aromatic heterocycles. The lowest BCUT2D eigenvalue weighted by Crippen LogP contribution is -1.96. The Morgan fingerprint density at radius 3 is 2.55 bits per heavy atom. The van der Waals surface area contributed by atoms with Crippen molar-refractivity contribution >= 4 is 32.9 Å². The Labute approximate surface area is 117 Å². The molecule has 0 fully saturated rings. The standard InChI is InChI=1S/C14H9F2N3S/c15-10-4-3-5-11(16)9(10)8-17-19-14-18-12-6-1-2-7-13(12)20-14/h1-8H,(H,18,19)/b17-8-. The van der Waals surface area contributed by atoms with E-state index in [2.05, 4.69) is 15.5 Å². The van der Waals surface area contributed by atoms with Gasteiger partial charge in [0.25, 0.3) is 0 Å². The molecular formula is C14H9F2N3S. The van der Waals surface area contributed by atoms with Gasteiger partial charge in [0.1, 0.15) is 11.6 Å². The highest BCUT2D eigenvalue weighted by Crippen LogP contribution is 2.25. The van der Waals surface area contributed by atoms with E-state index in [1.807, 2.05) is 24.3 Å². The Morgan fingerprint density at radius 2 is 1.80 bits per heavy atom. The monoisotopic (exact) mass is 289 g/mol. The van der Waals surface area contributed by atoms with Crippen LogP contribution in [0.25, 0.3) is 10.2 Å². The van der Waals surface area contributed by atoms with Gasteiger partial charge in [-0.05, 0) is 24.3 Å². The van der Waals surface area contributed by atoms with Gasteiger partial charge in [0.2, 0.25) is 5.13 Å². The number of thiazole rings is 1. The van der Waals surface area contributed by atoms with Gasteiger partial charge in [0, 0.05) is 0 Å². The third kappa shape index (κ3) is 2.50. The highest BCUT2D eigenvalue weighted by molar-refractivity contribution is 7.22. The smallest absolute Gasteiger partial charge is 0.204 e. The van der Waals surface area contributed by atoms with E-state index in [9.17, 15) is 8.78 Å². The van der Waals surface area contributed by atoms with Crippen LogP contribution >= 0.6 is 11.3 Å². The Morgan fingerprint density at radius 1 is 1.05 bits per heavy atom. The molecule has 0 radical (unpaired) electrons. The van der Waals surface area contributed by atoms with Crippen LogP contribution in [0.5, 0.6) is 0 Å². The van der Waals surface area contributed by atoms with Gasteiger partial charge in [0.05, 0.1) is 22.0 Å². The number of aromatic nitrogens is 1. The molecule has 0 atom stereocenters. The van der Waals surface area contributed by atoms with Crippen molar-refractivity contribution in [1.82, 2.24) is 4.98 Å². The largest absolute Gasteiger partial charge is 0.253 e. The molecule has 0 aliphatic carbocycles. The van der Waals surface area contributed by atoms with E-state index in [1.54, 1.807) is 0 Å². The van der Waals surface area contributed by atoms with Gasteiger partial charge in [-0.1, -0.05) is 29.5 Å². The van der Waals surface area contributed by atoms with Crippen LogP contribution in [0.15, 0.2) is 47.6 Å². The maximum atomic E-state index is 13.4. The summed E-state index contributed by atoms with van der Waals surface area (Å²) in [4.78, 5) is 4.29. The lowest BCUT2D eigenvalue weighted by atomic mass is 10.2. The molecule has 6 heteroatoms. The second-order valence-electron chi connectivity index (χ2n) is 3.99. The Kier molecular flexibility index (Phi) is 3.39. The minimum absolute atomic E-state index is 0.180. The normalized spacial score (nSPS) is 11.3. The second-order valence-corrected chi connectivity index (χ2v) is 5.02. The van der Waals surface area contributed by atoms with Gasteiger partial charge in [-0.3, -0.25) is 5.43 Å². The molecule has 1 heterocycles. The van der Waals surface area contributed by atoms with Crippen molar-refractivity contribution in [3.05, 3.63) is 59.7 Å². The fourth-order valence-electron chi connectivity index (χ4n) is 1.71.